The number of anilines is 2. The van der Waals surface area contributed by atoms with E-state index in [4.69, 9.17) is 0 Å². The third kappa shape index (κ3) is 5.65. The number of aryl methyl sites for hydroxylation is 3. The number of carbonyl (C=O) groups excluding carboxylic acids is 1. The molecule has 8 heteroatoms. The zero-order chi connectivity index (χ0) is 24.1. The van der Waals surface area contributed by atoms with Crippen molar-refractivity contribution >= 4 is 17.5 Å². The van der Waals surface area contributed by atoms with Gasteiger partial charge >= 0.3 is 0 Å². The maximum atomic E-state index is 12.9. The van der Waals surface area contributed by atoms with Gasteiger partial charge < -0.3 is 15.7 Å². The number of aliphatic hydroxyl groups excluding tert-OH is 1. The average molecular weight is 457 g/mol. The highest BCUT2D eigenvalue weighted by atomic mass is 16.3. The van der Waals surface area contributed by atoms with Gasteiger partial charge in [-0.05, 0) is 61.2 Å². The number of nitrogens with zero attached hydrogens (tertiary/aromatic N) is 4. The third-order valence-corrected chi connectivity index (χ3v) is 5.39. The van der Waals surface area contributed by atoms with Gasteiger partial charge in [0.25, 0.3) is 5.91 Å². The minimum Gasteiger partial charge on any atom is -0.394 e. The van der Waals surface area contributed by atoms with Crippen LogP contribution >= 0.6 is 0 Å². The Morgan fingerprint density at radius 3 is 2.47 bits per heavy atom. The standard InChI is InChI=1S/C26H28N6O2/c1-17-11-18(2)13-20(12-17)29-26-27-10-9-22(30-26)23-15-24(32(3)31-23)25(34)28-21(16-33)14-19-7-5-4-6-8-19/h4-13,15,21,33H,14,16H2,1-3H3,(H,28,34)(H,27,29,30). The molecule has 0 radical (unpaired) electrons. The van der Waals surface area contributed by atoms with Crippen LogP contribution in [-0.2, 0) is 13.5 Å². The van der Waals surface area contributed by atoms with Crippen molar-refractivity contribution in [2.75, 3.05) is 11.9 Å². The molecule has 1 unspecified atom stereocenters. The average Bonchev–Trinajstić information content (AvgIpc) is 3.20. The summed E-state index contributed by atoms with van der Waals surface area (Å²) in [6.45, 7) is 3.92. The molecule has 0 fully saturated rings. The van der Waals surface area contributed by atoms with Crippen molar-refractivity contribution in [3.63, 3.8) is 0 Å². The minimum absolute atomic E-state index is 0.162. The molecule has 34 heavy (non-hydrogen) atoms. The van der Waals surface area contributed by atoms with Crippen molar-refractivity contribution in [1.29, 1.82) is 0 Å². The normalized spacial score (nSPS) is 11.8. The lowest BCUT2D eigenvalue weighted by molar-refractivity contribution is 0.0907. The van der Waals surface area contributed by atoms with Gasteiger partial charge in [0, 0.05) is 18.9 Å². The fraction of sp³-hybridized carbons (Fsp3) is 0.231. The number of amides is 1. The molecule has 0 saturated carbocycles. The van der Waals surface area contributed by atoms with Gasteiger partial charge in [0.2, 0.25) is 5.95 Å². The summed E-state index contributed by atoms with van der Waals surface area (Å²) < 4.78 is 1.51. The molecular formula is C26H28N6O2. The fourth-order valence-electron chi connectivity index (χ4n) is 3.86. The van der Waals surface area contributed by atoms with Gasteiger partial charge in [0.15, 0.2) is 0 Å². The lowest BCUT2D eigenvalue weighted by atomic mass is 10.1. The van der Waals surface area contributed by atoms with Crippen LogP contribution < -0.4 is 10.6 Å². The topological polar surface area (TPSA) is 105 Å². The van der Waals surface area contributed by atoms with Gasteiger partial charge in [0.05, 0.1) is 18.3 Å². The zero-order valence-electron chi connectivity index (χ0n) is 19.5. The molecule has 174 valence electrons. The molecule has 0 aliphatic rings. The summed E-state index contributed by atoms with van der Waals surface area (Å²) in [6.07, 6.45) is 2.19. The molecular weight excluding hydrogens is 428 g/mol. The quantitative estimate of drug-likeness (QED) is 0.374. The molecule has 2 aromatic carbocycles. The fourth-order valence-corrected chi connectivity index (χ4v) is 3.86. The first-order chi connectivity index (χ1) is 16.4. The molecule has 4 aromatic rings. The van der Waals surface area contributed by atoms with Gasteiger partial charge in [-0.15, -0.1) is 0 Å². The molecule has 8 nitrogen and oxygen atoms in total. The molecule has 0 saturated heterocycles. The van der Waals surface area contributed by atoms with Crippen LogP contribution in [0.3, 0.4) is 0 Å². The summed E-state index contributed by atoms with van der Waals surface area (Å²) in [5.41, 5.74) is 5.77. The maximum Gasteiger partial charge on any atom is 0.269 e. The van der Waals surface area contributed by atoms with Gasteiger partial charge in [-0.1, -0.05) is 36.4 Å². The highest BCUT2D eigenvalue weighted by Gasteiger charge is 2.19. The number of carbonyl (C=O) groups is 1. The molecule has 1 amide bonds. The Morgan fingerprint density at radius 1 is 1.03 bits per heavy atom. The van der Waals surface area contributed by atoms with Crippen molar-refractivity contribution in [3.8, 4) is 11.4 Å². The summed E-state index contributed by atoms with van der Waals surface area (Å²) in [6, 6.07) is 18.9. The summed E-state index contributed by atoms with van der Waals surface area (Å²) in [5.74, 6) is 0.140. The van der Waals surface area contributed by atoms with Crippen molar-refractivity contribution in [3.05, 3.63) is 89.2 Å². The summed E-state index contributed by atoms with van der Waals surface area (Å²) in [5, 5.41) is 20.4. The smallest absolute Gasteiger partial charge is 0.269 e. The Hall–Kier alpha value is -4.04. The first kappa shape index (κ1) is 23.1. The number of hydrogen-bond donors (Lipinski definition) is 3. The predicted molar refractivity (Wildman–Crippen MR) is 132 cm³/mol. The summed E-state index contributed by atoms with van der Waals surface area (Å²) in [7, 11) is 1.71. The van der Waals surface area contributed by atoms with Gasteiger partial charge in [0.1, 0.15) is 11.4 Å². The minimum atomic E-state index is -0.402. The van der Waals surface area contributed by atoms with Crippen LogP contribution in [0.25, 0.3) is 11.4 Å². The second kappa shape index (κ2) is 10.3. The van der Waals surface area contributed by atoms with E-state index in [2.05, 4.69) is 31.8 Å². The van der Waals surface area contributed by atoms with Crippen LogP contribution in [0.15, 0.2) is 66.9 Å². The second-order valence-electron chi connectivity index (χ2n) is 8.35. The number of hydrogen-bond acceptors (Lipinski definition) is 6. The van der Waals surface area contributed by atoms with Crippen molar-refractivity contribution in [2.45, 2.75) is 26.3 Å². The Morgan fingerprint density at radius 2 is 1.76 bits per heavy atom. The number of aromatic nitrogens is 4. The molecule has 0 spiro atoms. The molecule has 0 aliphatic heterocycles. The van der Waals surface area contributed by atoms with Crippen LogP contribution in [-0.4, -0.2) is 43.4 Å². The van der Waals surface area contributed by atoms with Crippen molar-refractivity contribution < 1.29 is 9.90 Å². The lowest BCUT2D eigenvalue weighted by Crippen LogP contribution is -2.39. The number of nitrogens with one attached hydrogen (secondary N) is 2. The Balaban J connectivity index is 1.50. The Bertz CT molecular complexity index is 1270. The van der Waals surface area contributed by atoms with E-state index < -0.39 is 6.04 Å². The van der Waals surface area contributed by atoms with E-state index >= 15 is 0 Å². The Kier molecular flexibility index (Phi) is 6.98. The van der Waals surface area contributed by atoms with Crippen molar-refractivity contribution in [1.82, 2.24) is 25.1 Å². The van der Waals surface area contributed by atoms with E-state index in [0.717, 1.165) is 22.4 Å². The van der Waals surface area contributed by atoms with Crippen LogP contribution in [0.1, 0.15) is 27.2 Å². The molecule has 0 aliphatic carbocycles. The lowest BCUT2D eigenvalue weighted by Gasteiger charge is -2.16. The number of benzene rings is 2. The molecule has 0 bridgehead atoms. The second-order valence-corrected chi connectivity index (χ2v) is 8.35. The summed E-state index contributed by atoms with van der Waals surface area (Å²) >= 11 is 0. The van der Waals surface area contributed by atoms with Crippen LogP contribution in [0.5, 0.6) is 0 Å². The predicted octanol–water partition coefficient (Wildman–Crippen LogP) is 3.57. The first-order valence-corrected chi connectivity index (χ1v) is 11.1. The van der Waals surface area contributed by atoms with E-state index in [9.17, 15) is 9.90 Å². The molecule has 2 aromatic heterocycles. The maximum absolute atomic E-state index is 12.9. The highest BCUT2D eigenvalue weighted by molar-refractivity contribution is 5.93. The van der Waals surface area contributed by atoms with Gasteiger partial charge in [-0.2, -0.15) is 5.10 Å². The largest absolute Gasteiger partial charge is 0.394 e. The van der Waals surface area contributed by atoms with E-state index in [0.29, 0.717) is 29.5 Å². The van der Waals surface area contributed by atoms with Crippen molar-refractivity contribution in [2.24, 2.45) is 7.05 Å². The monoisotopic (exact) mass is 456 g/mol. The van der Waals surface area contributed by atoms with E-state index in [1.165, 1.54) is 4.68 Å². The SMILES string of the molecule is Cc1cc(C)cc(Nc2nccc(-c3cc(C(=O)NC(CO)Cc4ccccc4)n(C)n3)n2)c1. The van der Waals surface area contributed by atoms with Crippen LogP contribution in [0, 0.1) is 13.8 Å². The third-order valence-electron chi connectivity index (χ3n) is 5.39. The van der Waals surface area contributed by atoms with E-state index in [1.54, 1.807) is 25.4 Å². The van der Waals surface area contributed by atoms with Gasteiger partial charge in [-0.25, -0.2) is 9.97 Å². The number of rotatable bonds is 8. The Labute approximate surface area is 198 Å². The van der Waals surface area contributed by atoms with Crippen LogP contribution in [0.2, 0.25) is 0 Å². The molecule has 4 rings (SSSR count). The molecule has 1 atom stereocenters. The highest BCUT2D eigenvalue weighted by Crippen LogP contribution is 2.21. The molecule has 3 N–H and O–H groups in total. The van der Waals surface area contributed by atoms with Gasteiger partial charge in [-0.3, -0.25) is 9.48 Å². The molecule has 2 heterocycles. The summed E-state index contributed by atoms with van der Waals surface area (Å²) in [4.78, 5) is 21.8. The number of aliphatic hydroxyl groups is 1. The van der Waals surface area contributed by atoms with E-state index in [-0.39, 0.29) is 12.5 Å². The van der Waals surface area contributed by atoms with E-state index in [1.807, 2.05) is 56.3 Å². The van der Waals surface area contributed by atoms with Crippen LogP contribution in [0.4, 0.5) is 11.6 Å². The zero-order valence-corrected chi connectivity index (χ0v) is 19.5. The first-order valence-electron chi connectivity index (χ1n) is 11.1.